The van der Waals surface area contributed by atoms with Gasteiger partial charge in [-0.15, -0.1) is 0 Å². The van der Waals surface area contributed by atoms with Crippen molar-refractivity contribution in [2.45, 2.75) is 19.7 Å². The minimum absolute atomic E-state index is 0.0353. The molecule has 0 aliphatic rings. The minimum atomic E-state index is -4.50. The number of aryl methyl sites for hydroxylation is 1. The van der Waals surface area contributed by atoms with Crippen LogP contribution in [-0.4, -0.2) is 25.1 Å². The molecule has 0 saturated carbocycles. The van der Waals surface area contributed by atoms with E-state index in [2.05, 4.69) is 15.8 Å². The van der Waals surface area contributed by atoms with E-state index in [0.29, 0.717) is 23.7 Å². The first-order chi connectivity index (χ1) is 16.7. The summed E-state index contributed by atoms with van der Waals surface area (Å²) in [5, 5.41) is 5.92. The van der Waals surface area contributed by atoms with Gasteiger partial charge in [-0.2, -0.15) is 18.3 Å². The Hall–Kier alpha value is -4.34. The number of anilines is 1. The second kappa shape index (κ2) is 11.2. The topological polar surface area (TPSA) is 89.0 Å². The number of ether oxygens (including phenoxy) is 2. The number of rotatable bonds is 7. The van der Waals surface area contributed by atoms with Crippen molar-refractivity contribution in [1.82, 2.24) is 5.43 Å². The summed E-state index contributed by atoms with van der Waals surface area (Å²) in [4.78, 5) is 23.9. The standard InChI is InChI=1S/C25H22F3N3O4/c1-16-3-5-17(6-4-16)15-35-21-12-7-18(13-22(21)34-2)14-29-31-24(33)23(32)30-20-10-8-19(9-11-20)25(26,27)28/h3-14H,15H2,1-2H3,(H,30,32)(H,31,33)/b29-14+. The summed E-state index contributed by atoms with van der Waals surface area (Å²) in [6, 6.07) is 16.6. The van der Waals surface area contributed by atoms with Crippen LogP contribution in [0, 0.1) is 6.92 Å². The predicted octanol–water partition coefficient (Wildman–Crippen LogP) is 4.69. The maximum absolute atomic E-state index is 12.6. The maximum atomic E-state index is 12.6. The van der Waals surface area contributed by atoms with E-state index in [4.69, 9.17) is 9.47 Å². The summed E-state index contributed by atoms with van der Waals surface area (Å²) >= 11 is 0. The van der Waals surface area contributed by atoms with Crippen LogP contribution < -0.4 is 20.2 Å². The summed E-state index contributed by atoms with van der Waals surface area (Å²) in [6.45, 7) is 2.36. The molecule has 0 radical (unpaired) electrons. The van der Waals surface area contributed by atoms with Crippen LogP contribution in [0.15, 0.2) is 71.8 Å². The fourth-order valence-electron chi connectivity index (χ4n) is 2.88. The van der Waals surface area contributed by atoms with Crippen molar-refractivity contribution in [2.24, 2.45) is 5.10 Å². The van der Waals surface area contributed by atoms with Crippen LogP contribution >= 0.6 is 0 Å². The van der Waals surface area contributed by atoms with E-state index in [-0.39, 0.29) is 5.69 Å². The number of amides is 2. The molecular formula is C25H22F3N3O4. The monoisotopic (exact) mass is 485 g/mol. The number of hydrogen-bond acceptors (Lipinski definition) is 5. The van der Waals surface area contributed by atoms with E-state index < -0.39 is 23.6 Å². The lowest BCUT2D eigenvalue weighted by atomic mass is 10.2. The van der Waals surface area contributed by atoms with Crippen LogP contribution in [0.4, 0.5) is 18.9 Å². The summed E-state index contributed by atoms with van der Waals surface area (Å²) in [6.07, 6.45) is -3.20. The smallest absolute Gasteiger partial charge is 0.416 e. The lowest BCUT2D eigenvalue weighted by Gasteiger charge is -2.11. The van der Waals surface area contributed by atoms with Gasteiger partial charge in [0.25, 0.3) is 0 Å². The molecule has 2 amide bonds. The maximum Gasteiger partial charge on any atom is 0.416 e. The second-order valence-corrected chi connectivity index (χ2v) is 7.41. The number of alkyl halides is 3. The van der Waals surface area contributed by atoms with Crippen molar-refractivity contribution in [3.8, 4) is 11.5 Å². The van der Waals surface area contributed by atoms with E-state index in [1.807, 2.05) is 31.2 Å². The third-order valence-corrected chi connectivity index (χ3v) is 4.76. The highest BCUT2D eigenvalue weighted by atomic mass is 19.4. The Morgan fingerprint density at radius 1 is 0.943 bits per heavy atom. The second-order valence-electron chi connectivity index (χ2n) is 7.41. The van der Waals surface area contributed by atoms with Crippen molar-refractivity contribution >= 4 is 23.7 Å². The van der Waals surface area contributed by atoms with Crippen molar-refractivity contribution in [3.63, 3.8) is 0 Å². The van der Waals surface area contributed by atoms with E-state index >= 15 is 0 Å². The number of halogens is 3. The molecule has 0 aliphatic carbocycles. The first-order valence-corrected chi connectivity index (χ1v) is 10.3. The molecule has 35 heavy (non-hydrogen) atoms. The van der Waals surface area contributed by atoms with Crippen LogP contribution in [0.3, 0.4) is 0 Å². The first-order valence-electron chi connectivity index (χ1n) is 10.3. The van der Waals surface area contributed by atoms with Crippen molar-refractivity contribution in [2.75, 3.05) is 12.4 Å². The quantitative estimate of drug-likeness (QED) is 0.289. The number of carbonyl (C=O) groups excluding carboxylic acids is 2. The fraction of sp³-hybridized carbons (Fsp3) is 0.160. The zero-order valence-corrected chi connectivity index (χ0v) is 18.8. The molecule has 0 unspecified atom stereocenters. The van der Waals surface area contributed by atoms with E-state index in [1.54, 1.807) is 18.2 Å². The highest BCUT2D eigenvalue weighted by Gasteiger charge is 2.30. The molecule has 0 aromatic heterocycles. The molecule has 3 aromatic rings. The van der Waals surface area contributed by atoms with Gasteiger partial charge < -0.3 is 14.8 Å². The van der Waals surface area contributed by atoms with Gasteiger partial charge >= 0.3 is 18.0 Å². The lowest BCUT2D eigenvalue weighted by Crippen LogP contribution is -2.32. The van der Waals surface area contributed by atoms with Gasteiger partial charge in [0, 0.05) is 5.69 Å². The summed E-state index contributed by atoms with van der Waals surface area (Å²) in [5.41, 5.74) is 3.94. The molecule has 7 nitrogen and oxygen atoms in total. The van der Waals surface area contributed by atoms with Gasteiger partial charge in [-0.25, -0.2) is 5.43 Å². The number of methoxy groups -OCH3 is 1. The van der Waals surface area contributed by atoms with Gasteiger partial charge in [0.15, 0.2) is 11.5 Å². The van der Waals surface area contributed by atoms with E-state index in [1.165, 1.54) is 13.3 Å². The number of carbonyl (C=O) groups is 2. The Morgan fingerprint density at radius 3 is 2.26 bits per heavy atom. The molecule has 10 heteroatoms. The van der Waals surface area contributed by atoms with Crippen LogP contribution in [0.2, 0.25) is 0 Å². The Kier molecular flexibility index (Phi) is 8.08. The van der Waals surface area contributed by atoms with Crippen LogP contribution in [-0.2, 0) is 22.4 Å². The van der Waals surface area contributed by atoms with E-state index in [9.17, 15) is 22.8 Å². The summed E-state index contributed by atoms with van der Waals surface area (Å²) in [7, 11) is 1.49. The summed E-state index contributed by atoms with van der Waals surface area (Å²) < 4.78 is 49.0. The van der Waals surface area contributed by atoms with Crippen molar-refractivity contribution < 1.29 is 32.2 Å². The van der Waals surface area contributed by atoms with Crippen molar-refractivity contribution in [3.05, 3.63) is 89.0 Å². The molecule has 3 aromatic carbocycles. The average molecular weight is 485 g/mol. The molecule has 2 N–H and O–H groups in total. The summed E-state index contributed by atoms with van der Waals surface area (Å²) in [5.74, 6) is -1.21. The Labute approximate surface area is 199 Å². The van der Waals surface area contributed by atoms with Crippen LogP contribution in [0.25, 0.3) is 0 Å². The van der Waals surface area contributed by atoms with Crippen LogP contribution in [0.5, 0.6) is 11.5 Å². The van der Waals surface area contributed by atoms with Gasteiger partial charge in [-0.05, 0) is 60.5 Å². The average Bonchev–Trinajstić information content (AvgIpc) is 2.83. The zero-order valence-electron chi connectivity index (χ0n) is 18.8. The molecule has 0 aliphatic heterocycles. The largest absolute Gasteiger partial charge is 0.493 e. The van der Waals surface area contributed by atoms with Crippen molar-refractivity contribution in [1.29, 1.82) is 0 Å². The molecule has 3 rings (SSSR count). The van der Waals surface area contributed by atoms with Gasteiger partial charge in [-0.1, -0.05) is 29.8 Å². The number of nitrogens with zero attached hydrogens (tertiary/aromatic N) is 1. The minimum Gasteiger partial charge on any atom is -0.493 e. The zero-order chi connectivity index (χ0) is 25.4. The highest BCUT2D eigenvalue weighted by molar-refractivity contribution is 6.39. The Balaban J connectivity index is 1.54. The molecule has 0 heterocycles. The molecule has 0 spiro atoms. The molecule has 0 bridgehead atoms. The normalized spacial score (nSPS) is 11.2. The number of hydrazone groups is 1. The Morgan fingerprint density at radius 2 is 1.63 bits per heavy atom. The molecule has 0 saturated heterocycles. The first kappa shape index (κ1) is 25.3. The predicted molar refractivity (Wildman–Crippen MR) is 124 cm³/mol. The van der Waals surface area contributed by atoms with Gasteiger partial charge in [0.2, 0.25) is 0 Å². The molecule has 182 valence electrons. The number of nitrogens with one attached hydrogen (secondary N) is 2. The SMILES string of the molecule is COc1cc(/C=N/NC(=O)C(=O)Nc2ccc(C(F)(F)F)cc2)ccc1OCc1ccc(C)cc1. The third-order valence-electron chi connectivity index (χ3n) is 4.76. The van der Waals surface area contributed by atoms with Gasteiger partial charge in [-0.3, -0.25) is 9.59 Å². The fourth-order valence-corrected chi connectivity index (χ4v) is 2.88. The number of benzene rings is 3. The lowest BCUT2D eigenvalue weighted by molar-refractivity contribution is -0.137. The van der Waals surface area contributed by atoms with E-state index in [0.717, 1.165) is 35.4 Å². The molecule has 0 fully saturated rings. The molecule has 0 atom stereocenters. The van der Waals surface area contributed by atoms with Gasteiger partial charge in [0.05, 0.1) is 18.9 Å². The Bertz CT molecular complexity index is 1210. The van der Waals surface area contributed by atoms with Crippen LogP contribution in [0.1, 0.15) is 22.3 Å². The third kappa shape index (κ3) is 7.32. The van der Waals surface area contributed by atoms with Gasteiger partial charge in [0.1, 0.15) is 6.61 Å². The number of hydrogen-bond donors (Lipinski definition) is 2. The molecular weight excluding hydrogens is 463 g/mol. The highest BCUT2D eigenvalue weighted by Crippen LogP contribution is 2.30.